The van der Waals surface area contributed by atoms with E-state index in [1.165, 1.54) is 17.0 Å². The summed E-state index contributed by atoms with van der Waals surface area (Å²) in [5.41, 5.74) is -1.42. The number of likely N-dealkylation sites (tertiary alicyclic amines) is 1. The topological polar surface area (TPSA) is 88.5 Å². The summed E-state index contributed by atoms with van der Waals surface area (Å²) < 4.78 is 43.4. The van der Waals surface area contributed by atoms with Gasteiger partial charge in [0.2, 0.25) is 0 Å². The zero-order valence-corrected chi connectivity index (χ0v) is 21.1. The van der Waals surface area contributed by atoms with Gasteiger partial charge in [0.15, 0.2) is 11.6 Å². The fraction of sp³-hybridized carbons (Fsp3) is 0.167. The van der Waals surface area contributed by atoms with Gasteiger partial charge in [-0.1, -0.05) is 30.3 Å². The number of nitrogens with zero attached hydrogens (tertiary/aromatic N) is 1. The van der Waals surface area contributed by atoms with Gasteiger partial charge < -0.3 is 20.6 Å². The molecule has 0 radical (unpaired) electrons. The third-order valence-corrected chi connectivity index (χ3v) is 6.10. The van der Waals surface area contributed by atoms with Crippen molar-refractivity contribution in [1.29, 1.82) is 5.41 Å². The van der Waals surface area contributed by atoms with E-state index in [4.69, 9.17) is 5.41 Å². The van der Waals surface area contributed by atoms with Crippen LogP contribution in [0.5, 0.6) is 0 Å². The van der Waals surface area contributed by atoms with Crippen molar-refractivity contribution in [3.63, 3.8) is 0 Å². The van der Waals surface area contributed by atoms with E-state index < -0.39 is 34.6 Å². The van der Waals surface area contributed by atoms with Gasteiger partial charge in [-0.05, 0) is 52.9 Å². The fourth-order valence-corrected chi connectivity index (χ4v) is 4.08. The Morgan fingerprint density at radius 2 is 1.74 bits per heavy atom. The van der Waals surface area contributed by atoms with Crippen LogP contribution in [-0.4, -0.2) is 47.0 Å². The smallest absolute Gasteiger partial charge is 0.256 e. The Hall–Kier alpha value is -2.83. The molecular weight excluding hydrogens is 596 g/mol. The number of nitrogens with one attached hydrogen (secondary N) is 3. The lowest BCUT2D eigenvalue weighted by Gasteiger charge is -2.46. The molecule has 3 aromatic rings. The maximum atomic E-state index is 14.6. The maximum Gasteiger partial charge on any atom is 0.256 e. The van der Waals surface area contributed by atoms with Gasteiger partial charge in [-0.25, -0.2) is 13.2 Å². The number of aliphatic hydroxyl groups is 1. The molecule has 0 spiro atoms. The van der Waals surface area contributed by atoms with E-state index in [1.54, 1.807) is 30.3 Å². The highest BCUT2D eigenvalue weighted by Gasteiger charge is 2.44. The lowest BCUT2D eigenvalue weighted by molar-refractivity contribution is -0.0761. The van der Waals surface area contributed by atoms with Crippen LogP contribution < -0.4 is 10.6 Å². The van der Waals surface area contributed by atoms with Crippen molar-refractivity contribution in [2.75, 3.05) is 25.0 Å². The molecule has 4 rings (SSSR count). The minimum absolute atomic E-state index is 0. The van der Waals surface area contributed by atoms with E-state index in [1.807, 2.05) is 28.7 Å². The van der Waals surface area contributed by atoms with Gasteiger partial charge >= 0.3 is 0 Å². The molecule has 1 heterocycles. The molecule has 11 heteroatoms. The highest BCUT2D eigenvalue weighted by molar-refractivity contribution is 14.1. The van der Waals surface area contributed by atoms with Crippen LogP contribution in [0.15, 0.2) is 60.7 Å². The second kappa shape index (κ2) is 10.8. The first-order chi connectivity index (χ1) is 16.2. The van der Waals surface area contributed by atoms with Crippen LogP contribution in [-0.2, 0) is 0 Å². The Balaban J connectivity index is 0.00000342. The van der Waals surface area contributed by atoms with Crippen molar-refractivity contribution in [2.45, 2.75) is 5.60 Å². The minimum Gasteiger partial charge on any atom is -0.384 e. The van der Waals surface area contributed by atoms with Crippen molar-refractivity contribution in [1.82, 2.24) is 10.2 Å². The van der Waals surface area contributed by atoms with Crippen molar-refractivity contribution in [3.8, 4) is 0 Å². The van der Waals surface area contributed by atoms with Gasteiger partial charge in [0.25, 0.3) is 5.91 Å². The average molecular weight is 617 g/mol. The molecule has 6 nitrogen and oxygen atoms in total. The molecule has 0 aromatic heterocycles. The monoisotopic (exact) mass is 616 g/mol. The van der Waals surface area contributed by atoms with E-state index in [-0.39, 0.29) is 49.1 Å². The quantitative estimate of drug-likeness (QED) is 0.184. The third-order valence-electron chi connectivity index (χ3n) is 5.43. The predicted octanol–water partition coefficient (Wildman–Crippen LogP) is 4.68. The van der Waals surface area contributed by atoms with Gasteiger partial charge in [0.1, 0.15) is 17.3 Å². The molecule has 4 N–H and O–H groups in total. The second-order valence-corrected chi connectivity index (χ2v) is 9.26. The number of carbonyl (C=O) groups excluding carboxylic acids is 1. The third kappa shape index (κ3) is 5.88. The van der Waals surface area contributed by atoms with Gasteiger partial charge in [-0.15, -0.1) is 12.4 Å². The SMILES string of the molecule is Cl.N=C(NCC1(O)CN(C(=O)c2ccc(F)c(F)c2Nc2ccc(I)cc2F)C1)c1ccccc1. The molecule has 0 atom stereocenters. The first-order valence-electron chi connectivity index (χ1n) is 10.3. The second-order valence-electron chi connectivity index (χ2n) is 8.01. The maximum absolute atomic E-state index is 14.6. The Labute approximate surface area is 219 Å². The number of hydrogen-bond acceptors (Lipinski definition) is 4. The first kappa shape index (κ1) is 26.8. The Bertz CT molecular complexity index is 1260. The summed E-state index contributed by atoms with van der Waals surface area (Å²) in [6, 6.07) is 15.0. The van der Waals surface area contributed by atoms with Gasteiger partial charge in [-0.2, -0.15) is 0 Å². The van der Waals surface area contributed by atoms with Gasteiger partial charge in [-0.3, -0.25) is 10.2 Å². The first-order valence-corrected chi connectivity index (χ1v) is 11.3. The summed E-state index contributed by atoms with van der Waals surface area (Å²) in [6.07, 6.45) is 0. The van der Waals surface area contributed by atoms with E-state index in [2.05, 4.69) is 10.6 Å². The molecule has 184 valence electrons. The van der Waals surface area contributed by atoms with Gasteiger partial charge in [0.05, 0.1) is 30.0 Å². The number of halogens is 5. The van der Waals surface area contributed by atoms with Crippen LogP contribution >= 0.6 is 35.0 Å². The Morgan fingerprint density at radius 1 is 1.06 bits per heavy atom. The summed E-state index contributed by atoms with van der Waals surface area (Å²) in [4.78, 5) is 14.3. The van der Waals surface area contributed by atoms with E-state index in [0.717, 1.165) is 12.1 Å². The molecule has 1 saturated heterocycles. The summed E-state index contributed by atoms with van der Waals surface area (Å²) >= 11 is 1.92. The molecule has 1 amide bonds. The molecule has 35 heavy (non-hydrogen) atoms. The average Bonchev–Trinajstić information content (AvgIpc) is 2.80. The number of carbonyl (C=O) groups is 1. The Kier molecular flexibility index (Phi) is 8.29. The molecule has 0 bridgehead atoms. The lowest BCUT2D eigenvalue weighted by Crippen LogP contribution is -2.67. The van der Waals surface area contributed by atoms with Crippen LogP contribution in [0.2, 0.25) is 0 Å². The predicted molar refractivity (Wildman–Crippen MR) is 138 cm³/mol. The van der Waals surface area contributed by atoms with Crippen molar-refractivity contribution in [3.05, 3.63) is 92.8 Å². The molecule has 3 aromatic carbocycles. The van der Waals surface area contributed by atoms with Crippen molar-refractivity contribution in [2.24, 2.45) is 0 Å². The zero-order valence-electron chi connectivity index (χ0n) is 18.1. The largest absolute Gasteiger partial charge is 0.384 e. The summed E-state index contributed by atoms with van der Waals surface area (Å²) in [5, 5.41) is 24.1. The van der Waals surface area contributed by atoms with Crippen LogP contribution in [0, 0.1) is 26.4 Å². The van der Waals surface area contributed by atoms with E-state index in [0.29, 0.717) is 9.13 Å². The van der Waals surface area contributed by atoms with Crippen LogP contribution in [0.1, 0.15) is 15.9 Å². The normalized spacial score (nSPS) is 13.9. The van der Waals surface area contributed by atoms with E-state index >= 15 is 0 Å². The number of β-amino-alcohol motifs (C(OH)–C–C–N with tert-alkyl or cyclic N) is 1. The highest BCUT2D eigenvalue weighted by atomic mass is 127. The van der Waals surface area contributed by atoms with Crippen LogP contribution in [0.3, 0.4) is 0 Å². The molecule has 1 aliphatic rings. The highest BCUT2D eigenvalue weighted by Crippen LogP contribution is 2.31. The number of rotatable bonds is 6. The van der Waals surface area contributed by atoms with Crippen molar-refractivity contribution < 1.29 is 23.1 Å². The molecule has 0 unspecified atom stereocenters. The summed E-state index contributed by atoms with van der Waals surface area (Å²) in [5.74, 6) is -3.69. The number of hydrogen-bond donors (Lipinski definition) is 4. The molecular formula is C24H21ClF3IN4O2. The van der Waals surface area contributed by atoms with Crippen LogP contribution in [0.25, 0.3) is 0 Å². The Morgan fingerprint density at radius 3 is 2.40 bits per heavy atom. The van der Waals surface area contributed by atoms with Crippen LogP contribution in [0.4, 0.5) is 24.5 Å². The molecule has 0 saturated carbocycles. The van der Waals surface area contributed by atoms with Gasteiger partial charge in [0, 0.05) is 15.7 Å². The fourth-order valence-electron chi connectivity index (χ4n) is 3.63. The van der Waals surface area contributed by atoms with Crippen molar-refractivity contribution >= 4 is 58.1 Å². The van der Waals surface area contributed by atoms with E-state index in [9.17, 15) is 23.1 Å². The number of amidine groups is 1. The number of benzene rings is 3. The molecule has 1 fully saturated rings. The molecule has 1 aliphatic heterocycles. The number of anilines is 2. The molecule has 0 aliphatic carbocycles. The summed E-state index contributed by atoms with van der Waals surface area (Å²) in [7, 11) is 0. The minimum atomic E-state index is -1.31. The standard InChI is InChI=1S/C24H20F3IN4O2.ClH/c25-17-8-7-16(21(20(17)27)31-19-9-6-15(28)10-18(19)26)23(33)32-12-24(34,13-32)11-30-22(29)14-4-2-1-3-5-14;/h1-10,31,34H,11-13H2,(H2,29,30);1H. The summed E-state index contributed by atoms with van der Waals surface area (Å²) in [6.45, 7) is -0.115. The lowest BCUT2D eigenvalue weighted by atomic mass is 9.92. The number of amides is 1. The zero-order chi connectivity index (χ0) is 24.5.